The van der Waals surface area contributed by atoms with Gasteiger partial charge in [-0.25, -0.2) is 4.79 Å². The first-order chi connectivity index (χ1) is 7.84. The maximum absolute atomic E-state index is 10.7. The van der Waals surface area contributed by atoms with E-state index < -0.39 is 36.0 Å². The topological polar surface area (TPSA) is 144 Å². The number of aldehydes is 1. The summed E-state index contributed by atoms with van der Waals surface area (Å²) in [5.74, 6) is -0.936. The molecule has 0 aromatic heterocycles. The van der Waals surface area contributed by atoms with Crippen molar-refractivity contribution < 1.29 is 34.8 Å². The normalized spacial score (nSPS) is 17.2. The lowest BCUT2D eigenvalue weighted by molar-refractivity contribution is -0.128. The summed E-state index contributed by atoms with van der Waals surface area (Å²) in [6.45, 7) is 1.08. The van der Waals surface area contributed by atoms with Crippen LogP contribution in [-0.2, 0) is 14.4 Å². The van der Waals surface area contributed by atoms with E-state index in [2.05, 4.69) is 0 Å². The maximum Gasteiger partial charge on any atom is 0.217 e. The molecule has 4 atom stereocenters. The van der Waals surface area contributed by atoms with Gasteiger partial charge in [0.15, 0.2) is 12.0 Å². The first kappa shape index (κ1) is 15.3. The zero-order valence-corrected chi connectivity index (χ0v) is 8.90. The number of aliphatic hydroxyl groups excluding tert-OH is 4. The van der Waals surface area contributed by atoms with E-state index in [4.69, 9.17) is 10.2 Å². The van der Waals surface area contributed by atoms with Crippen LogP contribution in [0.25, 0.3) is 0 Å². The van der Waals surface area contributed by atoms with Crippen molar-refractivity contribution >= 4 is 18.1 Å². The van der Waals surface area contributed by atoms with Gasteiger partial charge in [-0.3, -0.25) is 4.79 Å². The molecule has 5 N–H and O–H groups in total. The van der Waals surface area contributed by atoms with Gasteiger partial charge in [-0.1, -0.05) is 0 Å². The van der Waals surface area contributed by atoms with Crippen molar-refractivity contribution in [3.8, 4) is 0 Å². The lowest BCUT2D eigenvalue weighted by Gasteiger charge is -2.25. The van der Waals surface area contributed by atoms with Gasteiger partial charge in [0.25, 0.3) is 0 Å². The van der Waals surface area contributed by atoms with Crippen LogP contribution in [0.2, 0.25) is 0 Å². The Bertz CT molecular complexity index is 336. The molecule has 0 aliphatic heterocycles. The van der Waals surface area contributed by atoms with Gasteiger partial charge in [0.2, 0.25) is 11.7 Å². The smallest absolute Gasteiger partial charge is 0.217 e. The first-order valence-electron chi connectivity index (χ1n) is 4.55. The van der Waals surface area contributed by atoms with Crippen molar-refractivity contribution in [1.29, 1.82) is 0 Å². The molecule has 0 radical (unpaired) electrons. The second-order valence-corrected chi connectivity index (χ2v) is 3.28. The monoisotopic (exact) mass is 247 g/mol. The van der Waals surface area contributed by atoms with Crippen molar-refractivity contribution in [3.63, 3.8) is 0 Å². The number of nitrogens with one attached hydrogen (secondary N) is 1. The van der Waals surface area contributed by atoms with Crippen LogP contribution in [-0.4, -0.2) is 62.9 Å². The summed E-state index contributed by atoms with van der Waals surface area (Å²) in [6.07, 6.45) is -5.87. The fourth-order valence-electron chi connectivity index (χ4n) is 1.06. The minimum atomic E-state index is -2.10. The Hall–Kier alpha value is -1.73. The molecule has 0 aliphatic carbocycles. The van der Waals surface area contributed by atoms with Gasteiger partial charge in [-0.05, 0) is 0 Å². The number of rotatable bonds is 6. The summed E-state index contributed by atoms with van der Waals surface area (Å²) >= 11 is 0. The zero-order chi connectivity index (χ0) is 13.6. The van der Waals surface area contributed by atoms with Crippen molar-refractivity contribution in [2.75, 3.05) is 0 Å². The second-order valence-electron chi connectivity index (χ2n) is 3.28. The number of aliphatic hydroxyl groups is 4. The second kappa shape index (κ2) is 6.77. The van der Waals surface area contributed by atoms with Gasteiger partial charge >= 0.3 is 0 Å². The molecule has 0 aromatic rings. The summed E-state index contributed by atoms with van der Waals surface area (Å²) in [7, 11) is 0. The first-order valence-corrected chi connectivity index (χ1v) is 4.55. The lowest BCUT2D eigenvalue weighted by atomic mass is 10.0. The van der Waals surface area contributed by atoms with E-state index in [0.717, 1.165) is 12.9 Å². The standard InChI is InChI=1S/C9H13NO7/c1-4(13)10-5(2-11)7(15)9(17)8(16)6(14)3-12/h2,5,7-9,14-17H,1H3,(H,10,13). The minimum absolute atomic E-state index is 0.143. The minimum Gasteiger partial charge on any atom is -0.500 e. The Balaban J connectivity index is 4.76. The fourth-order valence-corrected chi connectivity index (χ4v) is 1.06. The van der Waals surface area contributed by atoms with E-state index in [1.807, 2.05) is 5.32 Å². The van der Waals surface area contributed by atoms with Crippen LogP contribution in [0.1, 0.15) is 6.92 Å². The Kier molecular flexibility index (Phi) is 6.08. The third kappa shape index (κ3) is 4.33. The third-order valence-electron chi connectivity index (χ3n) is 1.94. The zero-order valence-electron chi connectivity index (χ0n) is 8.90. The van der Waals surface area contributed by atoms with Crippen molar-refractivity contribution in [2.24, 2.45) is 0 Å². The molecule has 1 amide bonds. The molecule has 0 rings (SSSR count). The molecular formula is C9H13NO7. The summed E-state index contributed by atoms with van der Waals surface area (Å²) in [4.78, 5) is 31.2. The van der Waals surface area contributed by atoms with Gasteiger partial charge in [-0.2, -0.15) is 0 Å². The van der Waals surface area contributed by atoms with Crippen LogP contribution in [0.4, 0.5) is 0 Å². The largest absolute Gasteiger partial charge is 0.500 e. The van der Waals surface area contributed by atoms with E-state index in [1.54, 1.807) is 0 Å². The van der Waals surface area contributed by atoms with E-state index in [-0.39, 0.29) is 6.29 Å². The van der Waals surface area contributed by atoms with Crippen LogP contribution in [0, 0.1) is 0 Å². The highest BCUT2D eigenvalue weighted by Crippen LogP contribution is 2.08. The molecule has 96 valence electrons. The SMILES string of the molecule is CC(=O)NC(C=O)C(O)C(O)C(O)C(O)=C=O. The molecule has 8 nitrogen and oxygen atoms in total. The van der Waals surface area contributed by atoms with Crippen LogP contribution in [0.5, 0.6) is 0 Å². The van der Waals surface area contributed by atoms with Crippen LogP contribution >= 0.6 is 0 Å². The Morgan fingerprint density at radius 2 is 1.82 bits per heavy atom. The molecule has 0 fully saturated rings. The average molecular weight is 247 g/mol. The van der Waals surface area contributed by atoms with Gasteiger partial charge < -0.3 is 30.5 Å². The Labute approximate surface area is 96.2 Å². The van der Waals surface area contributed by atoms with Crippen molar-refractivity contribution in [2.45, 2.75) is 31.3 Å². The third-order valence-corrected chi connectivity index (χ3v) is 1.94. The molecule has 0 saturated carbocycles. The lowest BCUT2D eigenvalue weighted by Crippen LogP contribution is -2.52. The molecule has 0 bridgehead atoms. The highest BCUT2D eigenvalue weighted by Gasteiger charge is 2.34. The van der Waals surface area contributed by atoms with Crippen LogP contribution in [0.3, 0.4) is 0 Å². The van der Waals surface area contributed by atoms with Gasteiger partial charge in [0.05, 0.1) is 0 Å². The summed E-state index contributed by atoms with van der Waals surface area (Å²) in [5.41, 5.74) is 0. The Morgan fingerprint density at radius 3 is 2.18 bits per heavy atom. The predicted octanol–water partition coefficient (Wildman–Crippen LogP) is -2.95. The summed E-state index contributed by atoms with van der Waals surface area (Å²) < 4.78 is 0. The highest BCUT2D eigenvalue weighted by molar-refractivity contribution is 5.77. The van der Waals surface area contributed by atoms with Gasteiger partial charge in [0, 0.05) is 6.92 Å². The van der Waals surface area contributed by atoms with E-state index in [9.17, 15) is 24.6 Å². The van der Waals surface area contributed by atoms with Crippen molar-refractivity contribution in [3.05, 3.63) is 5.76 Å². The van der Waals surface area contributed by atoms with Crippen molar-refractivity contribution in [1.82, 2.24) is 5.32 Å². The molecule has 0 spiro atoms. The molecule has 4 unspecified atom stereocenters. The maximum atomic E-state index is 10.7. The van der Waals surface area contributed by atoms with Gasteiger partial charge in [0.1, 0.15) is 24.5 Å². The number of hydrogen-bond acceptors (Lipinski definition) is 7. The summed E-state index contributed by atoms with van der Waals surface area (Å²) in [6, 6.07) is -1.48. The molecule has 0 heterocycles. The van der Waals surface area contributed by atoms with Crippen LogP contribution in [0.15, 0.2) is 5.76 Å². The molecular weight excluding hydrogens is 234 g/mol. The van der Waals surface area contributed by atoms with E-state index >= 15 is 0 Å². The molecule has 17 heavy (non-hydrogen) atoms. The number of carbonyl (C=O) groups excluding carboxylic acids is 3. The average Bonchev–Trinajstić information content (AvgIpc) is 2.31. The quantitative estimate of drug-likeness (QED) is 0.192. The highest BCUT2D eigenvalue weighted by atomic mass is 16.4. The van der Waals surface area contributed by atoms with Gasteiger partial charge in [-0.15, -0.1) is 0 Å². The number of hydrogen-bond donors (Lipinski definition) is 5. The Morgan fingerprint density at radius 1 is 1.29 bits per heavy atom. The molecule has 8 heteroatoms. The van der Waals surface area contributed by atoms with E-state index in [1.165, 1.54) is 0 Å². The summed E-state index contributed by atoms with van der Waals surface area (Å²) in [5, 5.41) is 38.7. The molecule has 0 saturated heterocycles. The molecule has 0 aromatic carbocycles. The van der Waals surface area contributed by atoms with E-state index in [0.29, 0.717) is 0 Å². The predicted molar refractivity (Wildman–Crippen MR) is 53.5 cm³/mol. The van der Waals surface area contributed by atoms with Crippen LogP contribution < -0.4 is 5.32 Å². The fraction of sp³-hybridized carbons (Fsp3) is 0.556. The number of carbonyl (C=O) groups is 2. The number of amides is 1. The molecule has 0 aliphatic rings.